The van der Waals surface area contributed by atoms with Crippen LogP contribution in [0, 0.1) is 0 Å². The minimum Gasteiger partial charge on any atom is -0.358 e. The minimum absolute atomic E-state index is 0.472. The molecule has 0 aliphatic heterocycles. The predicted octanol–water partition coefficient (Wildman–Crippen LogP) is 3.91. The summed E-state index contributed by atoms with van der Waals surface area (Å²) < 4.78 is 76.0. The topological polar surface area (TPSA) is 40.5 Å². The SMILES string of the molecule is OC(O)(c1cccc(C(F)(F)F)c1)c1cccc(C(F)(F)F)c1. The second-order valence-electron chi connectivity index (χ2n) is 4.83. The molecule has 2 rings (SSSR count). The Morgan fingerprint density at radius 1 is 0.565 bits per heavy atom. The van der Waals surface area contributed by atoms with Gasteiger partial charge in [-0.25, -0.2) is 0 Å². The fraction of sp³-hybridized carbons (Fsp3) is 0.200. The Labute approximate surface area is 126 Å². The molecular weight excluding hydrogens is 326 g/mol. The summed E-state index contributed by atoms with van der Waals surface area (Å²) in [7, 11) is 0. The van der Waals surface area contributed by atoms with Crippen molar-refractivity contribution in [2.45, 2.75) is 18.1 Å². The highest BCUT2D eigenvalue weighted by Gasteiger charge is 2.36. The van der Waals surface area contributed by atoms with Gasteiger partial charge in [0.2, 0.25) is 5.79 Å². The maximum atomic E-state index is 12.7. The van der Waals surface area contributed by atoms with E-state index in [0.717, 1.165) is 24.3 Å². The Balaban J connectivity index is 2.51. The first-order valence-corrected chi connectivity index (χ1v) is 6.22. The van der Waals surface area contributed by atoms with Crippen LogP contribution < -0.4 is 0 Å². The molecule has 0 heterocycles. The van der Waals surface area contributed by atoms with Crippen molar-refractivity contribution >= 4 is 0 Å². The van der Waals surface area contributed by atoms with Crippen molar-refractivity contribution in [3.8, 4) is 0 Å². The van der Waals surface area contributed by atoms with Crippen molar-refractivity contribution < 1.29 is 36.6 Å². The van der Waals surface area contributed by atoms with Gasteiger partial charge in [0.15, 0.2) is 0 Å². The lowest BCUT2D eigenvalue weighted by Crippen LogP contribution is -2.27. The fourth-order valence-electron chi connectivity index (χ4n) is 1.99. The molecule has 124 valence electrons. The van der Waals surface area contributed by atoms with Crippen molar-refractivity contribution in [2.75, 3.05) is 0 Å². The summed E-state index contributed by atoms with van der Waals surface area (Å²) in [5.74, 6) is -3.00. The number of rotatable bonds is 2. The maximum Gasteiger partial charge on any atom is 0.416 e. The maximum absolute atomic E-state index is 12.7. The quantitative estimate of drug-likeness (QED) is 0.645. The summed E-state index contributed by atoms with van der Waals surface area (Å²) in [4.78, 5) is 0. The summed E-state index contributed by atoms with van der Waals surface area (Å²) in [6.45, 7) is 0. The molecule has 0 aliphatic rings. The van der Waals surface area contributed by atoms with Crippen LogP contribution in [0.1, 0.15) is 22.3 Å². The number of halogens is 6. The standard InChI is InChI=1S/C15H10F6O2/c16-14(17,18)11-5-1-3-9(7-11)13(22,23)10-4-2-6-12(8-10)15(19,20)21/h1-8,22-23H. The lowest BCUT2D eigenvalue weighted by atomic mass is 9.94. The van der Waals surface area contributed by atoms with Gasteiger partial charge >= 0.3 is 12.4 Å². The van der Waals surface area contributed by atoms with Gasteiger partial charge in [0.1, 0.15) is 0 Å². The van der Waals surface area contributed by atoms with E-state index >= 15 is 0 Å². The molecule has 0 spiro atoms. The smallest absolute Gasteiger partial charge is 0.358 e. The fourth-order valence-corrected chi connectivity index (χ4v) is 1.99. The van der Waals surface area contributed by atoms with E-state index in [1.165, 1.54) is 0 Å². The Bertz CT molecular complexity index is 644. The van der Waals surface area contributed by atoms with Crippen molar-refractivity contribution in [1.82, 2.24) is 0 Å². The molecule has 8 heteroatoms. The summed E-state index contributed by atoms with van der Waals surface area (Å²) in [5.41, 5.74) is -3.47. The molecule has 0 saturated heterocycles. The van der Waals surface area contributed by atoms with Gasteiger partial charge in [-0.05, 0) is 24.3 Å². The summed E-state index contributed by atoms with van der Waals surface area (Å²) in [6, 6.07) is 6.21. The monoisotopic (exact) mass is 336 g/mol. The van der Waals surface area contributed by atoms with Gasteiger partial charge in [0, 0.05) is 11.1 Å². The van der Waals surface area contributed by atoms with Gasteiger partial charge in [-0.2, -0.15) is 26.3 Å². The van der Waals surface area contributed by atoms with E-state index in [0.29, 0.717) is 24.3 Å². The normalized spacial score (nSPS) is 13.2. The molecule has 0 bridgehead atoms. The third-order valence-electron chi connectivity index (χ3n) is 3.18. The molecule has 2 nitrogen and oxygen atoms in total. The third kappa shape index (κ3) is 3.65. The first-order valence-electron chi connectivity index (χ1n) is 6.22. The minimum atomic E-state index is -4.72. The molecule has 0 fully saturated rings. The number of benzene rings is 2. The highest BCUT2D eigenvalue weighted by Crippen LogP contribution is 2.36. The van der Waals surface area contributed by atoms with Crippen LogP contribution in [-0.4, -0.2) is 10.2 Å². The van der Waals surface area contributed by atoms with Crippen LogP contribution in [0.15, 0.2) is 48.5 Å². The Hall–Kier alpha value is -2.06. The average Bonchev–Trinajstić information content (AvgIpc) is 2.46. The van der Waals surface area contributed by atoms with Crippen LogP contribution in [0.25, 0.3) is 0 Å². The van der Waals surface area contributed by atoms with Crippen LogP contribution in [-0.2, 0) is 18.1 Å². The van der Waals surface area contributed by atoms with E-state index in [1.54, 1.807) is 0 Å². The molecule has 23 heavy (non-hydrogen) atoms. The van der Waals surface area contributed by atoms with Crippen LogP contribution in [0.5, 0.6) is 0 Å². The number of hydrogen-bond acceptors (Lipinski definition) is 2. The summed E-state index contributed by atoms with van der Waals surface area (Å²) in [6.07, 6.45) is -9.44. The Morgan fingerprint density at radius 2 is 0.870 bits per heavy atom. The molecule has 0 unspecified atom stereocenters. The molecule has 0 radical (unpaired) electrons. The third-order valence-corrected chi connectivity index (χ3v) is 3.18. The van der Waals surface area contributed by atoms with Crippen molar-refractivity contribution in [1.29, 1.82) is 0 Å². The van der Waals surface area contributed by atoms with Crippen LogP contribution in [0.2, 0.25) is 0 Å². The molecule has 0 atom stereocenters. The van der Waals surface area contributed by atoms with E-state index in [9.17, 15) is 36.6 Å². The molecule has 0 aliphatic carbocycles. The second-order valence-corrected chi connectivity index (χ2v) is 4.83. The zero-order chi connectivity index (χ0) is 17.5. The predicted molar refractivity (Wildman–Crippen MR) is 68.1 cm³/mol. The molecule has 0 aromatic heterocycles. The van der Waals surface area contributed by atoms with Crippen molar-refractivity contribution in [3.05, 3.63) is 70.8 Å². The number of alkyl halides is 6. The first-order chi connectivity index (χ1) is 10.4. The van der Waals surface area contributed by atoms with Crippen LogP contribution in [0.4, 0.5) is 26.3 Å². The molecule has 2 N–H and O–H groups in total. The highest BCUT2D eigenvalue weighted by molar-refractivity contribution is 5.38. The van der Waals surface area contributed by atoms with Gasteiger partial charge in [-0.3, -0.25) is 0 Å². The van der Waals surface area contributed by atoms with Crippen molar-refractivity contribution in [2.24, 2.45) is 0 Å². The van der Waals surface area contributed by atoms with Crippen LogP contribution >= 0.6 is 0 Å². The van der Waals surface area contributed by atoms with Gasteiger partial charge in [0.25, 0.3) is 0 Å². The zero-order valence-electron chi connectivity index (χ0n) is 11.3. The van der Waals surface area contributed by atoms with E-state index < -0.39 is 40.4 Å². The lowest BCUT2D eigenvalue weighted by Gasteiger charge is -2.24. The second kappa shape index (κ2) is 5.54. The zero-order valence-corrected chi connectivity index (χ0v) is 11.3. The van der Waals surface area contributed by atoms with Crippen molar-refractivity contribution in [3.63, 3.8) is 0 Å². The summed E-state index contributed by atoms with van der Waals surface area (Å²) in [5, 5.41) is 20.1. The Morgan fingerprint density at radius 3 is 1.17 bits per heavy atom. The highest BCUT2D eigenvalue weighted by atomic mass is 19.4. The molecule has 0 amide bonds. The molecular formula is C15H10F6O2. The average molecular weight is 336 g/mol. The van der Waals surface area contributed by atoms with E-state index in [-0.39, 0.29) is 0 Å². The van der Waals surface area contributed by atoms with E-state index in [2.05, 4.69) is 0 Å². The van der Waals surface area contributed by atoms with Gasteiger partial charge in [-0.15, -0.1) is 0 Å². The first kappa shape index (κ1) is 17.3. The van der Waals surface area contributed by atoms with E-state index in [4.69, 9.17) is 0 Å². The molecule has 2 aromatic carbocycles. The van der Waals surface area contributed by atoms with E-state index in [1.807, 2.05) is 0 Å². The lowest BCUT2D eigenvalue weighted by molar-refractivity contribution is -0.142. The largest absolute Gasteiger partial charge is 0.416 e. The van der Waals surface area contributed by atoms with Gasteiger partial charge in [0.05, 0.1) is 11.1 Å². The molecule has 0 saturated carbocycles. The van der Waals surface area contributed by atoms with Gasteiger partial charge in [-0.1, -0.05) is 24.3 Å². The van der Waals surface area contributed by atoms with Crippen LogP contribution in [0.3, 0.4) is 0 Å². The molecule has 2 aromatic rings. The number of aliphatic hydroxyl groups is 2. The Kier molecular flexibility index (Phi) is 4.16. The van der Waals surface area contributed by atoms with Gasteiger partial charge < -0.3 is 10.2 Å². The summed E-state index contributed by atoms with van der Waals surface area (Å²) >= 11 is 0. The number of hydrogen-bond donors (Lipinski definition) is 2.